The SMILES string of the molecule is C[C@H](N)c1ccc2ccccc2c1OCCc1cccs1. The van der Waals surface area contributed by atoms with Crippen LogP contribution in [0, 0.1) is 0 Å². The summed E-state index contributed by atoms with van der Waals surface area (Å²) in [6.45, 7) is 2.67. The Morgan fingerprint density at radius 1 is 1.10 bits per heavy atom. The number of rotatable bonds is 5. The van der Waals surface area contributed by atoms with Crippen LogP contribution >= 0.6 is 11.3 Å². The fraction of sp³-hybridized carbons (Fsp3) is 0.222. The molecule has 2 aromatic carbocycles. The zero-order chi connectivity index (χ0) is 14.7. The Bertz CT molecular complexity index is 719. The number of ether oxygens (including phenoxy) is 1. The molecule has 108 valence electrons. The van der Waals surface area contributed by atoms with Crippen LogP contribution in [-0.4, -0.2) is 6.61 Å². The predicted octanol–water partition coefficient (Wildman–Crippen LogP) is 4.54. The zero-order valence-electron chi connectivity index (χ0n) is 12.1. The van der Waals surface area contributed by atoms with E-state index in [9.17, 15) is 0 Å². The van der Waals surface area contributed by atoms with Crippen molar-refractivity contribution in [3.8, 4) is 5.75 Å². The topological polar surface area (TPSA) is 35.2 Å². The fourth-order valence-electron chi connectivity index (χ4n) is 2.49. The van der Waals surface area contributed by atoms with Crippen molar-refractivity contribution >= 4 is 22.1 Å². The Kier molecular flexibility index (Phi) is 4.23. The summed E-state index contributed by atoms with van der Waals surface area (Å²) in [6, 6.07) is 16.7. The van der Waals surface area contributed by atoms with E-state index < -0.39 is 0 Å². The number of benzene rings is 2. The van der Waals surface area contributed by atoms with Crippen LogP contribution in [0.3, 0.4) is 0 Å². The maximum absolute atomic E-state index is 6.11. The van der Waals surface area contributed by atoms with Gasteiger partial charge in [0.25, 0.3) is 0 Å². The molecule has 0 spiro atoms. The molecule has 21 heavy (non-hydrogen) atoms. The molecule has 2 N–H and O–H groups in total. The average Bonchev–Trinajstić information content (AvgIpc) is 3.00. The smallest absolute Gasteiger partial charge is 0.131 e. The lowest BCUT2D eigenvalue weighted by Gasteiger charge is -2.16. The third-order valence-electron chi connectivity index (χ3n) is 3.58. The maximum atomic E-state index is 6.11. The van der Waals surface area contributed by atoms with Gasteiger partial charge in [0.05, 0.1) is 6.61 Å². The molecule has 0 radical (unpaired) electrons. The van der Waals surface area contributed by atoms with Gasteiger partial charge in [0.15, 0.2) is 0 Å². The van der Waals surface area contributed by atoms with Gasteiger partial charge >= 0.3 is 0 Å². The van der Waals surface area contributed by atoms with Crippen LogP contribution in [0.25, 0.3) is 10.8 Å². The van der Waals surface area contributed by atoms with Crippen LogP contribution < -0.4 is 10.5 Å². The van der Waals surface area contributed by atoms with Crippen molar-refractivity contribution in [2.75, 3.05) is 6.61 Å². The van der Waals surface area contributed by atoms with Gasteiger partial charge in [-0.2, -0.15) is 0 Å². The molecule has 1 atom stereocenters. The molecule has 0 aliphatic carbocycles. The van der Waals surface area contributed by atoms with Gasteiger partial charge in [-0.15, -0.1) is 11.3 Å². The minimum atomic E-state index is -0.0358. The van der Waals surface area contributed by atoms with Gasteiger partial charge < -0.3 is 10.5 Å². The Morgan fingerprint density at radius 3 is 2.71 bits per heavy atom. The molecule has 0 aliphatic rings. The molecule has 0 aliphatic heterocycles. The van der Waals surface area contributed by atoms with Crippen LogP contribution in [0.5, 0.6) is 5.75 Å². The minimum Gasteiger partial charge on any atom is -0.492 e. The summed E-state index contributed by atoms with van der Waals surface area (Å²) in [5.41, 5.74) is 7.16. The highest BCUT2D eigenvalue weighted by Crippen LogP contribution is 2.33. The van der Waals surface area contributed by atoms with E-state index in [2.05, 4.69) is 41.8 Å². The number of nitrogens with two attached hydrogens (primary N) is 1. The molecule has 3 rings (SSSR count). The standard InChI is InChI=1S/C18H19NOS/c1-13(19)16-9-8-14-5-2-3-7-17(14)18(16)20-11-10-15-6-4-12-21-15/h2-9,12-13H,10-11,19H2,1H3/t13-/m0/s1. The summed E-state index contributed by atoms with van der Waals surface area (Å²) in [4.78, 5) is 1.34. The second-order valence-electron chi connectivity index (χ2n) is 5.17. The van der Waals surface area contributed by atoms with E-state index in [0.29, 0.717) is 6.61 Å². The molecule has 0 unspecified atom stereocenters. The first kappa shape index (κ1) is 14.1. The average molecular weight is 297 g/mol. The van der Waals surface area contributed by atoms with Gasteiger partial charge in [0, 0.05) is 28.3 Å². The lowest BCUT2D eigenvalue weighted by atomic mass is 10.0. The fourth-order valence-corrected chi connectivity index (χ4v) is 3.18. The summed E-state index contributed by atoms with van der Waals surface area (Å²) in [7, 11) is 0. The van der Waals surface area contributed by atoms with Crippen LogP contribution in [0.1, 0.15) is 23.4 Å². The molecule has 0 amide bonds. The molecule has 1 heterocycles. The highest BCUT2D eigenvalue weighted by atomic mass is 32.1. The zero-order valence-corrected chi connectivity index (χ0v) is 12.9. The summed E-state index contributed by atoms with van der Waals surface area (Å²) in [5.74, 6) is 0.930. The Labute approximate surface area is 129 Å². The third-order valence-corrected chi connectivity index (χ3v) is 4.51. The minimum absolute atomic E-state index is 0.0358. The first-order valence-corrected chi connectivity index (χ1v) is 8.06. The second-order valence-corrected chi connectivity index (χ2v) is 6.20. The van der Waals surface area contributed by atoms with Crippen molar-refractivity contribution in [3.05, 3.63) is 64.4 Å². The third kappa shape index (κ3) is 3.09. The van der Waals surface area contributed by atoms with Gasteiger partial charge in [-0.05, 0) is 23.8 Å². The molecule has 0 saturated heterocycles. The van der Waals surface area contributed by atoms with E-state index in [1.54, 1.807) is 11.3 Å². The van der Waals surface area contributed by atoms with E-state index in [4.69, 9.17) is 10.5 Å². The Morgan fingerprint density at radius 2 is 1.95 bits per heavy atom. The van der Waals surface area contributed by atoms with Gasteiger partial charge in [-0.25, -0.2) is 0 Å². The van der Waals surface area contributed by atoms with Gasteiger partial charge in [0.1, 0.15) is 5.75 Å². The molecule has 3 aromatic rings. The lowest BCUT2D eigenvalue weighted by Crippen LogP contribution is -2.09. The molecular formula is C18H19NOS. The van der Waals surface area contributed by atoms with Crippen LogP contribution in [0.4, 0.5) is 0 Å². The van der Waals surface area contributed by atoms with Gasteiger partial charge in [-0.1, -0.05) is 42.5 Å². The summed E-state index contributed by atoms with van der Waals surface area (Å²) in [6.07, 6.45) is 0.930. The summed E-state index contributed by atoms with van der Waals surface area (Å²) in [5, 5.41) is 4.42. The number of fused-ring (bicyclic) bond motifs is 1. The number of hydrogen-bond donors (Lipinski definition) is 1. The first-order chi connectivity index (χ1) is 10.3. The Hall–Kier alpha value is -1.84. The first-order valence-electron chi connectivity index (χ1n) is 7.18. The maximum Gasteiger partial charge on any atom is 0.131 e. The van der Waals surface area contributed by atoms with Crippen LogP contribution in [0.2, 0.25) is 0 Å². The van der Waals surface area contributed by atoms with E-state index in [0.717, 1.165) is 23.1 Å². The second kappa shape index (κ2) is 6.29. The van der Waals surface area contributed by atoms with E-state index >= 15 is 0 Å². The number of thiophene rings is 1. The van der Waals surface area contributed by atoms with E-state index in [-0.39, 0.29) is 6.04 Å². The van der Waals surface area contributed by atoms with Crippen molar-refractivity contribution in [1.82, 2.24) is 0 Å². The molecular weight excluding hydrogens is 278 g/mol. The quantitative estimate of drug-likeness (QED) is 0.750. The summed E-state index contributed by atoms with van der Waals surface area (Å²) >= 11 is 1.77. The molecule has 0 fully saturated rings. The van der Waals surface area contributed by atoms with Crippen molar-refractivity contribution in [2.24, 2.45) is 5.73 Å². The van der Waals surface area contributed by atoms with Crippen molar-refractivity contribution < 1.29 is 4.74 Å². The van der Waals surface area contributed by atoms with E-state index in [1.807, 2.05) is 19.1 Å². The molecule has 1 aromatic heterocycles. The molecule has 0 saturated carbocycles. The van der Waals surface area contributed by atoms with Crippen LogP contribution in [-0.2, 0) is 6.42 Å². The number of hydrogen-bond acceptors (Lipinski definition) is 3. The van der Waals surface area contributed by atoms with Crippen molar-refractivity contribution in [1.29, 1.82) is 0 Å². The molecule has 2 nitrogen and oxygen atoms in total. The predicted molar refractivity (Wildman–Crippen MR) is 90.1 cm³/mol. The molecule has 0 bridgehead atoms. The summed E-state index contributed by atoms with van der Waals surface area (Å²) < 4.78 is 6.11. The van der Waals surface area contributed by atoms with Gasteiger partial charge in [0.2, 0.25) is 0 Å². The molecule has 3 heteroatoms. The monoisotopic (exact) mass is 297 g/mol. The highest BCUT2D eigenvalue weighted by molar-refractivity contribution is 7.09. The highest BCUT2D eigenvalue weighted by Gasteiger charge is 2.12. The Balaban J connectivity index is 1.89. The van der Waals surface area contributed by atoms with E-state index in [1.165, 1.54) is 10.3 Å². The lowest BCUT2D eigenvalue weighted by molar-refractivity contribution is 0.322. The van der Waals surface area contributed by atoms with Crippen molar-refractivity contribution in [3.63, 3.8) is 0 Å². The van der Waals surface area contributed by atoms with Crippen LogP contribution in [0.15, 0.2) is 53.9 Å². The normalized spacial score (nSPS) is 12.5. The largest absolute Gasteiger partial charge is 0.492 e. The van der Waals surface area contributed by atoms with Crippen molar-refractivity contribution in [2.45, 2.75) is 19.4 Å². The van der Waals surface area contributed by atoms with Gasteiger partial charge in [-0.3, -0.25) is 0 Å².